The number of nitrogens with one attached hydrogen (secondary N) is 1. The molecule has 5 nitrogen and oxygen atoms in total. The number of hydrogen-bond acceptors (Lipinski definition) is 4. The van der Waals surface area contributed by atoms with Crippen molar-refractivity contribution in [3.05, 3.63) is 72.2 Å². The number of aromatic nitrogens is 2. The summed E-state index contributed by atoms with van der Waals surface area (Å²) < 4.78 is 65.7. The fourth-order valence-corrected chi connectivity index (χ4v) is 3.51. The summed E-state index contributed by atoms with van der Waals surface area (Å²) >= 11 is 0. The Morgan fingerprint density at radius 1 is 1.00 bits per heavy atom. The molecule has 2 aromatic carbocycles. The predicted molar refractivity (Wildman–Crippen MR) is 94.5 cm³/mol. The van der Waals surface area contributed by atoms with E-state index in [9.17, 15) is 21.6 Å². The smallest absolute Gasteiger partial charge is 0.280 e. The van der Waals surface area contributed by atoms with E-state index >= 15 is 0 Å². The fraction of sp³-hybridized carbons (Fsp3) is 0.111. The molecule has 0 bridgehead atoms. The third kappa shape index (κ3) is 4.43. The van der Waals surface area contributed by atoms with E-state index < -0.39 is 26.7 Å². The number of aryl methyl sites for hydroxylation is 1. The van der Waals surface area contributed by atoms with Gasteiger partial charge in [-0.15, -0.1) is 0 Å². The Labute approximate surface area is 154 Å². The molecule has 0 saturated carbocycles. The van der Waals surface area contributed by atoms with Crippen molar-refractivity contribution < 1.29 is 21.6 Å². The summed E-state index contributed by atoms with van der Waals surface area (Å²) in [6.45, 7) is 1.73. The van der Waals surface area contributed by atoms with Gasteiger partial charge < -0.3 is 0 Å². The zero-order chi connectivity index (χ0) is 19.7. The Hall–Kier alpha value is -2.94. The quantitative estimate of drug-likeness (QED) is 0.719. The normalized spacial score (nSPS) is 12.0. The number of hydrogen-bond donors (Lipinski definition) is 1. The fourth-order valence-electron chi connectivity index (χ4n) is 2.41. The first kappa shape index (κ1) is 18.8. The number of sulfonamides is 1. The number of nitrogens with zero attached hydrogens (tertiary/aromatic N) is 2. The van der Waals surface area contributed by atoms with Crippen molar-refractivity contribution in [1.82, 2.24) is 9.97 Å². The molecule has 0 fully saturated rings. The third-order valence-corrected chi connectivity index (χ3v) is 5.04. The lowest BCUT2D eigenvalue weighted by Crippen LogP contribution is -2.14. The maximum atomic E-state index is 12.8. The summed E-state index contributed by atoms with van der Waals surface area (Å²) in [5.74, 6) is 0.558. The molecular formula is C18H14F3N3O2S. The molecule has 27 heavy (non-hydrogen) atoms. The molecule has 0 amide bonds. The van der Waals surface area contributed by atoms with E-state index in [0.29, 0.717) is 23.1 Å². The van der Waals surface area contributed by atoms with Crippen LogP contribution in [0.25, 0.3) is 11.3 Å². The standard InChI is InChI=1S/C18H14F3N3O2S/c1-12-22-9-8-17(23-12)13-4-2-6-15(10-13)24-27(25,26)16-7-3-5-14(11-16)18(19,20)21/h2-11,24H,1H3. The highest BCUT2D eigenvalue weighted by Crippen LogP contribution is 2.31. The van der Waals surface area contributed by atoms with E-state index in [1.54, 1.807) is 37.4 Å². The van der Waals surface area contributed by atoms with Crippen LogP contribution >= 0.6 is 0 Å². The maximum Gasteiger partial charge on any atom is 0.416 e. The molecule has 1 aromatic heterocycles. The Balaban J connectivity index is 1.92. The van der Waals surface area contributed by atoms with Crippen LogP contribution in [0, 0.1) is 6.92 Å². The van der Waals surface area contributed by atoms with Gasteiger partial charge in [0.25, 0.3) is 10.0 Å². The van der Waals surface area contributed by atoms with Crippen molar-refractivity contribution in [2.24, 2.45) is 0 Å². The van der Waals surface area contributed by atoms with Crippen molar-refractivity contribution in [3.8, 4) is 11.3 Å². The molecule has 0 aliphatic carbocycles. The molecule has 0 aliphatic heterocycles. The van der Waals surface area contributed by atoms with Gasteiger partial charge in [-0.2, -0.15) is 13.2 Å². The summed E-state index contributed by atoms with van der Waals surface area (Å²) in [6, 6.07) is 11.7. The first-order valence-corrected chi connectivity index (χ1v) is 9.24. The molecule has 0 saturated heterocycles. The molecule has 3 aromatic rings. The molecule has 9 heteroatoms. The van der Waals surface area contributed by atoms with Crippen molar-refractivity contribution in [2.45, 2.75) is 18.0 Å². The second-order valence-electron chi connectivity index (χ2n) is 5.70. The van der Waals surface area contributed by atoms with Gasteiger partial charge in [0.1, 0.15) is 5.82 Å². The van der Waals surface area contributed by atoms with Crippen LogP contribution in [0.4, 0.5) is 18.9 Å². The van der Waals surface area contributed by atoms with Crippen LogP contribution in [0.5, 0.6) is 0 Å². The molecule has 0 unspecified atom stereocenters. The van der Waals surface area contributed by atoms with E-state index in [0.717, 1.165) is 18.2 Å². The highest BCUT2D eigenvalue weighted by Gasteiger charge is 2.31. The van der Waals surface area contributed by atoms with Gasteiger partial charge in [-0.3, -0.25) is 4.72 Å². The summed E-state index contributed by atoms with van der Waals surface area (Å²) in [5, 5.41) is 0. The van der Waals surface area contributed by atoms with Gasteiger partial charge in [-0.05, 0) is 43.3 Å². The van der Waals surface area contributed by atoms with Gasteiger partial charge in [-0.25, -0.2) is 18.4 Å². The number of alkyl halides is 3. The van der Waals surface area contributed by atoms with E-state index in [2.05, 4.69) is 14.7 Å². The van der Waals surface area contributed by atoms with Crippen LogP contribution < -0.4 is 4.72 Å². The van der Waals surface area contributed by atoms with Crippen molar-refractivity contribution in [1.29, 1.82) is 0 Å². The number of benzene rings is 2. The lowest BCUT2D eigenvalue weighted by Gasteiger charge is -2.12. The van der Waals surface area contributed by atoms with Gasteiger partial charge in [0.15, 0.2) is 0 Å². The molecule has 1 N–H and O–H groups in total. The van der Waals surface area contributed by atoms with E-state index in [1.807, 2.05) is 0 Å². The maximum absolute atomic E-state index is 12.8. The van der Waals surface area contributed by atoms with Crippen molar-refractivity contribution >= 4 is 15.7 Å². The van der Waals surface area contributed by atoms with Gasteiger partial charge in [-0.1, -0.05) is 18.2 Å². The highest BCUT2D eigenvalue weighted by molar-refractivity contribution is 7.92. The van der Waals surface area contributed by atoms with Gasteiger partial charge >= 0.3 is 6.18 Å². The monoisotopic (exact) mass is 393 g/mol. The summed E-state index contributed by atoms with van der Waals surface area (Å²) in [7, 11) is -4.19. The van der Waals surface area contributed by atoms with Crippen molar-refractivity contribution in [3.63, 3.8) is 0 Å². The minimum Gasteiger partial charge on any atom is -0.280 e. The lowest BCUT2D eigenvalue weighted by molar-refractivity contribution is -0.137. The molecule has 0 aliphatic rings. The van der Waals surface area contributed by atoms with Crippen LogP contribution in [-0.4, -0.2) is 18.4 Å². The molecule has 0 spiro atoms. The Kier molecular flexibility index (Phi) is 4.88. The average Bonchev–Trinajstić information content (AvgIpc) is 2.61. The largest absolute Gasteiger partial charge is 0.416 e. The summed E-state index contributed by atoms with van der Waals surface area (Å²) in [5.41, 5.74) is 0.420. The zero-order valence-corrected chi connectivity index (χ0v) is 14.8. The number of anilines is 1. The zero-order valence-electron chi connectivity index (χ0n) is 14.0. The summed E-state index contributed by atoms with van der Waals surface area (Å²) in [4.78, 5) is 7.79. The molecule has 1 heterocycles. The molecule has 0 atom stereocenters. The average molecular weight is 393 g/mol. The topological polar surface area (TPSA) is 72.0 Å². The van der Waals surface area contributed by atoms with Crippen LogP contribution in [-0.2, 0) is 16.2 Å². The lowest BCUT2D eigenvalue weighted by atomic mass is 10.1. The van der Waals surface area contributed by atoms with Crippen molar-refractivity contribution in [2.75, 3.05) is 4.72 Å². The van der Waals surface area contributed by atoms with Crippen LogP contribution in [0.3, 0.4) is 0 Å². The van der Waals surface area contributed by atoms with Gasteiger partial charge in [0.05, 0.1) is 16.2 Å². The highest BCUT2D eigenvalue weighted by atomic mass is 32.2. The van der Waals surface area contributed by atoms with E-state index in [4.69, 9.17) is 0 Å². The third-order valence-electron chi connectivity index (χ3n) is 3.66. The van der Waals surface area contributed by atoms with E-state index in [1.165, 1.54) is 6.07 Å². The first-order chi connectivity index (χ1) is 12.6. The Morgan fingerprint density at radius 2 is 1.74 bits per heavy atom. The minimum atomic E-state index is -4.63. The van der Waals surface area contributed by atoms with Crippen LogP contribution in [0.2, 0.25) is 0 Å². The van der Waals surface area contributed by atoms with Crippen LogP contribution in [0.15, 0.2) is 65.7 Å². The van der Waals surface area contributed by atoms with Gasteiger partial charge in [0.2, 0.25) is 0 Å². The molecule has 0 radical (unpaired) electrons. The van der Waals surface area contributed by atoms with Crippen LogP contribution in [0.1, 0.15) is 11.4 Å². The number of halogens is 3. The first-order valence-electron chi connectivity index (χ1n) is 7.75. The second-order valence-corrected chi connectivity index (χ2v) is 7.38. The Bertz CT molecular complexity index is 1080. The number of rotatable bonds is 4. The molecule has 140 valence electrons. The SMILES string of the molecule is Cc1nccc(-c2cccc(NS(=O)(=O)c3cccc(C(F)(F)F)c3)c2)n1. The second kappa shape index (κ2) is 6.99. The van der Waals surface area contributed by atoms with E-state index in [-0.39, 0.29) is 5.69 Å². The minimum absolute atomic E-state index is 0.209. The van der Waals surface area contributed by atoms with Gasteiger partial charge in [0, 0.05) is 17.4 Å². The molecular weight excluding hydrogens is 379 g/mol. The predicted octanol–water partition coefficient (Wildman–Crippen LogP) is 4.27. The summed E-state index contributed by atoms with van der Waals surface area (Å²) in [6.07, 6.45) is -3.05. The Morgan fingerprint density at radius 3 is 2.44 bits per heavy atom. The molecule has 3 rings (SSSR count).